The van der Waals surface area contributed by atoms with Crippen LogP contribution in [0.4, 0.5) is 0 Å². The summed E-state index contributed by atoms with van der Waals surface area (Å²) in [6, 6.07) is 3.76. The quantitative estimate of drug-likeness (QED) is 0.655. The molecule has 5 nitrogen and oxygen atoms in total. The molecule has 0 aliphatic heterocycles. The van der Waals surface area contributed by atoms with E-state index < -0.39 is 0 Å². The van der Waals surface area contributed by atoms with Gasteiger partial charge in [-0.1, -0.05) is 6.92 Å². The van der Waals surface area contributed by atoms with Crippen LogP contribution in [-0.4, -0.2) is 27.0 Å². The topological polar surface area (TPSA) is 56.5 Å². The van der Waals surface area contributed by atoms with Crippen molar-refractivity contribution in [3.8, 4) is 5.75 Å². The van der Waals surface area contributed by atoms with Crippen LogP contribution in [0.5, 0.6) is 5.75 Å². The number of aromatic nitrogens is 3. The number of ketones is 1. The monoisotopic (exact) mass is 315 g/mol. The second-order valence-corrected chi connectivity index (χ2v) is 5.93. The Morgan fingerprint density at radius 2 is 2.27 bits per heavy atom. The normalized spacial score (nSPS) is 11.0. The fourth-order valence-corrected chi connectivity index (χ4v) is 3.05. The van der Waals surface area contributed by atoms with E-state index in [0.717, 1.165) is 23.4 Å². The molecule has 0 aliphatic carbocycles. The summed E-state index contributed by atoms with van der Waals surface area (Å²) in [5.74, 6) is 0.845. The van der Waals surface area contributed by atoms with Crippen LogP contribution in [0.15, 0.2) is 30.0 Å². The third-order valence-electron chi connectivity index (χ3n) is 3.55. The fourth-order valence-electron chi connectivity index (χ4n) is 2.28. The molecule has 0 saturated heterocycles. The summed E-state index contributed by atoms with van der Waals surface area (Å²) in [6.45, 7) is 4.45. The van der Waals surface area contributed by atoms with Gasteiger partial charge in [0.15, 0.2) is 5.78 Å². The van der Waals surface area contributed by atoms with E-state index in [2.05, 4.69) is 10.1 Å². The highest BCUT2D eigenvalue weighted by Crippen LogP contribution is 2.19. The van der Waals surface area contributed by atoms with Gasteiger partial charge in [0, 0.05) is 17.7 Å². The van der Waals surface area contributed by atoms with Gasteiger partial charge >= 0.3 is 0 Å². The van der Waals surface area contributed by atoms with E-state index >= 15 is 0 Å². The van der Waals surface area contributed by atoms with Crippen LogP contribution in [0, 0.1) is 6.92 Å². The maximum atomic E-state index is 11.8. The highest BCUT2D eigenvalue weighted by atomic mass is 32.1. The molecule has 0 saturated carbocycles. The summed E-state index contributed by atoms with van der Waals surface area (Å²) in [5, 5.41) is 4.23. The van der Waals surface area contributed by atoms with Crippen molar-refractivity contribution in [3.05, 3.63) is 46.2 Å². The van der Waals surface area contributed by atoms with Crippen molar-refractivity contribution in [2.75, 3.05) is 6.61 Å². The van der Waals surface area contributed by atoms with Gasteiger partial charge in [-0.25, -0.2) is 9.50 Å². The zero-order chi connectivity index (χ0) is 15.5. The standard InChI is InChI=1S/C16H17N3O2S/c1-3-15(20)13-8-18-19-9-12(4-5-14(13)19)21-7-6-16-11(2)17-10-22-16/h4-5,8-10H,3,6-7H2,1-2H3. The molecular formula is C16H17N3O2S. The molecule has 3 aromatic heterocycles. The highest BCUT2D eigenvalue weighted by Gasteiger charge is 2.11. The Morgan fingerprint density at radius 3 is 3.00 bits per heavy atom. The van der Waals surface area contributed by atoms with Crippen LogP contribution in [-0.2, 0) is 6.42 Å². The second-order valence-electron chi connectivity index (χ2n) is 4.99. The summed E-state index contributed by atoms with van der Waals surface area (Å²) in [6.07, 6.45) is 4.74. The lowest BCUT2D eigenvalue weighted by Crippen LogP contribution is -2.02. The van der Waals surface area contributed by atoms with Gasteiger partial charge in [-0.05, 0) is 19.1 Å². The minimum atomic E-state index is 0.101. The molecule has 22 heavy (non-hydrogen) atoms. The number of fused-ring (bicyclic) bond motifs is 1. The van der Waals surface area contributed by atoms with E-state index in [1.54, 1.807) is 28.2 Å². The zero-order valence-corrected chi connectivity index (χ0v) is 13.4. The minimum absolute atomic E-state index is 0.101. The number of thiazole rings is 1. The molecule has 3 rings (SSSR count). The van der Waals surface area contributed by atoms with Crippen molar-refractivity contribution in [1.29, 1.82) is 0 Å². The summed E-state index contributed by atoms with van der Waals surface area (Å²) < 4.78 is 7.46. The van der Waals surface area contributed by atoms with Crippen LogP contribution >= 0.6 is 11.3 Å². The number of rotatable bonds is 6. The Kier molecular flexibility index (Phi) is 4.20. The molecule has 0 N–H and O–H groups in total. The summed E-state index contributed by atoms with van der Waals surface area (Å²) >= 11 is 1.65. The van der Waals surface area contributed by atoms with Crippen molar-refractivity contribution in [2.24, 2.45) is 0 Å². The fraction of sp³-hybridized carbons (Fsp3) is 0.312. The van der Waals surface area contributed by atoms with Crippen molar-refractivity contribution in [2.45, 2.75) is 26.7 Å². The Labute approximate surface area is 132 Å². The van der Waals surface area contributed by atoms with Crippen LogP contribution in [0.1, 0.15) is 34.3 Å². The van der Waals surface area contributed by atoms with Gasteiger partial charge in [0.2, 0.25) is 0 Å². The SMILES string of the molecule is CCC(=O)c1cnn2cc(OCCc3scnc3C)ccc12. The lowest BCUT2D eigenvalue weighted by Gasteiger charge is -2.06. The van der Waals surface area contributed by atoms with E-state index in [1.165, 1.54) is 4.88 Å². The first-order valence-corrected chi connectivity index (χ1v) is 8.09. The van der Waals surface area contributed by atoms with Gasteiger partial charge in [-0.2, -0.15) is 5.10 Å². The van der Waals surface area contributed by atoms with E-state index in [-0.39, 0.29) is 5.78 Å². The number of hydrogen-bond acceptors (Lipinski definition) is 5. The number of aryl methyl sites for hydroxylation is 1. The number of carbonyl (C=O) groups is 1. The van der Waals surface area contributed by atoms with E-state index in [9.17, 15) is 4.79 Å². The second kappa shape index (κ2) is 6.27. The molecule has 0 radical (unpaired) electrons. The molecule has 0 amide bonds. The van der Waals surface area contributed by atoms with Gasteiger partial charge in [0.1, 0.15) is 5.75 Å². The van der Waals surface area contributed by atoms with Crippen molar-refractivity contribution in [1.82, 2.24) is 14.6 Å². The molecule has 0 spiro atoms. The van der Waals surface area contributed by atoms with Gasteiger partial charge in [-0.15, -0.1) is 11.3 Å². The number of nitrogens with zero attached hydrogens (tertiary/aromatic N) is 3. The van der Waals surface area contributed by atoms with Crippen LogP contribution in [0.2, 0.25) is 0 Å². The molecule has 0 bridgehead atoms. The average Bonchev–Trinajstić information content (AvgIpc) is 3.13. The highest BCUT2D eigenvalue weighted by molar-refractivity contribution is 7.09. The van der Waals surface area contributed by atoms with Gasteiger partial charge in [-0.3, -0.25) is 4.79 Å². The maximum Gasteiger partial charge on any atom is 0.166 e. The molecule has 6 heteroatoms. The first-order valence-electron chi connectivity index (χ1n) is 7.21. The predicted molar refractivity (Wildman–Crippen MR) is 85.9 cm³/mol. The van der Waals surface area contributed by atoms with Gasteiger partial charge < -0.3 is 4.74 Å². The lowest BCUT2D eigenvalue weighted by atomic mass is 10.1. The molecule has 3 heterocycles. The van der Waals surface area contributed by atoms with Gasteiger partial charge in [0.25, 0.3) is 0 Å². The average molecular weight is 315 g/mol. The third-order valence-corrected chi connectivity index (χ3v) is 4.55. The zero-order valence-electron chi connectivity index (χ0n) is 12.6. The summed E-state index contributed by atoms with van der Waals surface area (Å²) in [4.78, 5) is 17.3. The Bertz CT molecular complexity index is 807. The Balaban J connectivity index is 1.70. The van der Waals surface area contributed by atoms with E-state index in [4.69, 9.17) is 4.74 Å². The molecular weight excluding hydrogens is 298 g/mol. The Morgan fingerprint density at radius 1 is 1.41 bits per heavy atom. The van der Waals surface area contributed by atoms with Crippen molar-refractivity contribution >= 4 is 22.6 Å². The molecule has 0 aliphatic rings. The van der Waals surface area contributed by atoms with E-state index in [0.29, 0.717) is 18.6 Å². The number of Topliss-reactive ketones (excluding diaryl/α,β-unsaturated/α-hetero) is 1. The molecule has 114 valence electrons. The molecule has 3 aromatic rings. The Hall–Kier alpha value is -2.21. The molecule has 0 unspecified atom stereocenters. The number of carbonyl (C=O) groups excluding carboxylic acids is 1. The first kappa shape index (κ1) is 14.7. The number of pyridine rings is 1. The minimum Gasteiger partial charge on any atom is -0.492 e. The van der Waals surface area contributed by atoms with Crippen LogP contribution in [0.3, 0.4) is 0 Å². The lowest BCUT2D eigenvalue weighted by molar-refractivity contribution is 0.0989. The number of hydrogen-bond donors (Lipinski definition) is 0. The molecule has 0 fully saturated rings. The van der Waals surface area contributed by atoms with Crippen LogP contribution in [0.25, 0.3) is 5.52 Å². The van der Waals surface area contributed by atoms with Crippen LogP contribution < -0.4 is 4.74 Å². The smallest absolute Gasteiger partial charge is 0.166 e. The number of ether oxygens (including phenoxy) is 1. The maximum absolute atomic E-state index is 11.8. The summed E-state index contributed by atoms with van der Waals surface area (Å²) in [7, 11) is 0. The third kappa shape index (κ3) is 2.87. The first-order chi connectivity index (χ1) is 10.7. The van der Waals surface area contributed by atoms with Gasteiger partial charge in [0.05, 0.1) is 41.3 Å². The predicted octanol–water partition coefficient (Wildman–Crippen LogP) is 3.31. The molecule has 0 aromatic carbocycles. The van der Waals surface area contributed by atoms with E-state index in [1.807, 2.05) is 31.5 Å². The van der Waals surface area contributed by atoms with Crippen molar-refractivity contribution < 1.29 is 9.53 Å². The summed E-state index contributed by atoms with van der Waals surface area (Å²) in [5.41, 5.74) is 4.40. The molecule has 0 atom stereocenters. The van der Waals surface area contributed by atoms with Crippen molar-refractivity contribution in [3.63, 3.8) is 0 Å². The largest absolute Gasteiger partial charge is 0.492 e.